The smallest absolute Gasteiger partial charge is 0.219 e. The Morgan fingerprint density at radius 2 is 2.06 bits per heavy atom. The van der Waals surface area contributed by atoms with E-state index in [2.05, 4.69) is 4.98 Å². The molecule has 1 aromatic heterocycles. The van der Waals surface area contributed by atoms with Gasteiger partial charge in [0.2, 0.25) is 5.88 Å². The van der Waals surface area contributed by atoms with Crippen LogP contribution in [0.15, 0.2) is 36.5 Å². The van der Waals surface area contributed by atoms with E-state index in [4.69, 9.17) is 10.5 Å². The van der Waals surface area contributed by atoms with Crippen molar-refractivity contribution in [2.45, 2.75) is 19.9 Å². The van der Waals surface area contributed by atoms with Crippen LogP contribution in [0.25, 0.3) is 0 Å². The Kier molecular flexibility index (Phi) is 3.58. The number of aromatic nitrogens is 1. The van der Waals surface area contributed by atoms with Crippen LogP contribution in [0.2, 0.25) is 0 Å². The predicted octanol–water partition coefficient (Wildman–Crippen LogP) is 3.34. The van der Waals surface area contributed by atoms with Crippen LogP contribution in [0.5, 0.6) is 11.6 Å². The van der Waals surface area contributed by atoms with E-state index in [9.17, 15) is 4.39 Å². The first-order valence-electron chi connectivity index (χ1n) is 5.72. The molecule has 2 N–H and O–H groups in total. The summed E-state index contributed by atoms with van der Waals surface area (Å²) < 4.78 is 18.6. The first-order chi connectivity index (χ1) is 8.56. The molecule has 0 bridgehead atoms. The van der Waals surface area contributed by atoms with E-state index in [0.717, 1.165) is 11.1 Å². The van der Waals surface area contributed by atoms with Crippen molar-refractivity contribution >= 4 is 0 Å². The molecule has 3 nitrogen and oxygen atoms in total. The molecule has 4 heteroatoms. The van der Waals surface area contributed by atoms with Crippen LogP contribution in [0.4, 0.5) is 4.39 Å². The second-order valence-corrected chi connectivity index (χ2v) is 4.23. The fraction of sp³-hybridized carbons (Fsp3) is 0.214. The number of halogens is 1. The Morgan fingerprint density at radius 1 is 1.28 bits per heavy atom. The zero-order valence-electron chi connectivity index (χ0n) is 10.4. The summed E-state index contributed by atoms with van der Waals surface area (Å²) in [6, 6.07) is 7.92. The molecule has 0 radical (unpaired) electrons. The zero-order chi connectivity index (χ0) is 13.1. The maximum Gasteiger partial charge on any atom is 0.219 e. The van der Waals surface area contributed by atoms with Crippen LogP contribution < -0.4 is 10.5 Å². The van der Waals surface area contributed by atoms with Gasteiger partial charge in [-0.2, -0.15) is 0 Å². The van der Waals surface area contributed by atoms with E-state index in [1.807, 2.05) is 19.9 Å². The number of pyridine rings is 1. The van der Waals surface area contributed by atoms with Crippen LogP contribution in [-0.2, 0) is 0 Å². The Labute approximate surface area is 105 Å². The number of hydrogen-bond acceptors (Lipinski definition) is 3. The van der Waals surface area contributed by atoms with Crippen molar-refractivity contribution in [2.24, 2.45) is 5.73 Å². The van der Waals surface area contributed by atoms with Crippen LogP contribution in [-0.4, -0.2) is 4.98 Å². The number of hydrogen-bond donors (Lipinski definition) is 1. The van der Waals surface area contributed by atoms with Crippen molar-refractivity contribution in [1.29, 1.82) is 0 Å². The van der Waals surface area contributed by atoms with Gasteiger partial charge in [0.05, 0.1) is 0 Å². The van der Waals surface area contributed by atoms with E-state index >= 15 is 0 Å². The maximum atomic E-state index is 13.1. The van der Waals surface area contributed by atoms with Crippen molar-refractivity contribution in [3.05, 3.63) is 53.5 Å². The summed E-state index contributed by atoms with van der Waals surface area (Å²) in [4.78, 5) is 4.14. The summed E-state index contributed by atoms with van der Waals surface area (Å²) >= 11 is 0. The average molecular weight is 246 g/mol. The molecule has 2 rings (SSSR count). The van der Waals surface area contributed by atoms with E-state index in [1.165, 1.54) is 12.1 Å². The Balaban J connectivity index is 2.21. The van der Waals surface area contributed by atoms with E-state index in [0.29, 0.717) is 11.6 Å². The first kappa shape index (κ1) is 12.5. The SMILES string of the molecule is Cc1ccc(F)cc1Oc1ccc(C(C)N)cn1. The van der Waals surface area contributed by atoms with Crippen molar-refractivity contribution in [1.82, 2.24) is 4.98 Å². The van der Waals surface area contributed by atoms with Crippen LogP contribution in [0.3, 0.4) is 0 Å². The minimum atomic E-state index is -0.331. The quantitative estimate of drug-likeness (QED) is 0.903. The van der Waals surface area contributed by atoms with Crippen molar-refractivity contribution in [3.8, 4) is 11.6 Å². The fourth-order valence-corrected chi connectivity index (χ4v) is 1.52. The molecule has 0 saturated carbocycles. The molecular formula is C14H15FN2O. The minimum Gasteiger partial charge on any atom is -0.439 e. The van der Waals surface area contributed by atoms with Gasteiger partial charge in [-0.25, -0.2) is 9.37 Å². The molecule has 2 aromatic rings. The van der Waals surface area contributed by atoms with Gasteiger partial charge in [-0.05, 0) is 31.0 Å². The Morgan fingerprint density at radius 3 is 2.67 bits per heavy atom. The Hall–Kier alpha value is -1.94. The molecule has 18 heavy (non-hydrogen) atoms. The third-order valence-electron chi connectivity index (χ3n) is 2.65. The van der Waals surface area contributed by atoms with Gasteiger partial charge in [0.25, 0.3) is 0 Å². The van der Waals surface area contributed by atoms with Crippen molar-refractivity contribution in [3.63, 3.8) is 0 Å². The molecule has 1 heterocycles. The fourth-order valence-electron chi connectivity index (χ4n) is 1.52. The van der Waals surface area contributed by atoms with Crippen molar-refractivity contribution < 1.29 is 9.13 Å². The zero-order valence-corrected chi connectivity index (χ0v) is 10.4. The summed E-state index contributed by atoms with van der Waals surface area (Å²) in [5, 5.41) is 0. The number of benzene rings is 1. The molecular weight excluding hydrogens is 231 g/mol. The van der Waals surface area contributed by atoms with Gasteiger partial charge >= 0.3 is 0 Å². The van der Waals surface area contributed by atoms with Crippen LogP contribution in [0, 0.1) is 12.7 Å². The molecule has 0 amide bonds. The summed E-state index contributed by atoms with van der Waals surface area (Å²) in [6.45, 7) is 3.74. The standard InChI is InChI=1S/C14H15FN2O/c1-9-3-5-12(15)7-13(9)18-14-6-4-11(8-17-14)10(2)16/h3-8,10H,16H2,1-2H3. The van der Waals surface area contributed by atoms with Gasteiger partial charge in [-0.1, -0.05) is 12.1 Å². The minimum absolute atomic E-state index is 0.0672. The number of rotatable bonds is 3. The van der Waals surface area contributed by atoms with Crippen LogP contribution >= 0.6 is 0 Å². The average Bonchev–Trinajstić information content (AvgIpc) is 2.34. The van der Waals surface area contributed by atoms with E-state index in [-0.39, 0.29) is 11.9 Å². The third kappa shape index (κ3) is 2.84. The highest BCUT2D eigenvalue weighted by atomic mass is 19.1. The normalized spacial score (nSPS) is 12.2. The third-order valence-corrected chi connectivity index (χ3v) is 2.65. The maximum absolute atomic E-state index is 13.1. The molecule has 1 unspecified atom stereocenters. The van der Waals surface area contributed by atoms with Crippen molar-refractivity contribution in [2.75, 3.05) is 0 Å². The summed E-state index contributed by atoms with van der Waals surface area (Å²) in [5.41, 5.74) is 7.51. The lowest BCUT2D eigenvalue weighted by Crippen LogP contribution is -2.05. The summed E-state index contributed by atoms with van der Waals surface area (Å²) in [7, 11) is 0. The molecule has 0 saturated heterocycles. The number of ether oxygens (including phenoxy) is 1. The lowest BCUT2D eigenvalue weighted by Gasteiger charge is -2.09. The predicted molar refractivity (Wildman–Crippen MR) is 68.1 cm³/mol. The molecule has 0 spiro atoms. The molecule has 94 valence electrons. The van der Waals surface area contributed by atoms with Gasteiger partial charge in [-0.15, -0.1) is 0 Å². The highest BCUT2D eigenvalue weighted by Gasteiger charge is 2.05. The topological polar surface area (TPSA) is 48.1 Å². The molecule has 0 fully saturated rings. The summed E-state index contributed by atoms with van der Waals surface area (Å²) in [6.07, 6.45) is 1.66. The number of aryl methyl sites for hydroxylation is 1. The Bertz CT molecular complexity index is 538. The highest BCUT2D eigenvalue weighted by molar-refractivity contribution is 5.35. The van der Waals surface area contributed by atoms with Gasteiger partial charge in [0.1, 0.15) is 11.6 Å². The molecule has 0 aliphatic carbocycles. The molecule has 0 aliphatic rings. The first-order valence-corrected chi connectivity index (χ1v) is 5.72. The number of nitrogens with zero attached hydrogens (tertiary/aromatic N) is 1. The summed E-state index contributed by atoms with van der Waals surface area (Å²) in [5.74, 6) is 0.562. The van der Waals surface area contributed by atoms with Gasteiger partial charge in [-0.3, -0.25) is 0 Å². The lowest BCUT2D eigenvalue weighted by molar-refractivity contribution is 0.454. The van der Waals surface area contributed by atoms with Crippen LogP contribution in [0.1, 0.15) is 24.1 Å². The van der Waals surface area contributed by atoms with E-state index in [1.54, 1.807) is 18.3 Å². The molecule has 0 aliphatic heterocycles. The van der Waals surface area contributed by atoms with Gasteiger partial charge < -0.3 is 10.5 Å². The highest BCUT2D eigenvalue weighted by Crippen LogP contribution is 2.24. The second kappa shape index (κ2) is 5.14. The largest absolute Gasteiger partial charge is 0.439 e. The van der Waals surface area contributed by atoms with Gasteiger partial charge in [0.15, 0.2) is 0 Å². The van der Waals surface area contributed by atoms with Gasteiger partial charge in [0, 0.05) is 24.4 Å². The molecule has 1 aromatic carbocycles. The molecule has 1 atom stereocenters. The number of nitrogens with two attached hydrogens (primary N) is 1. The van der Waals surface area contributed by atoms with E-state index < -0.39 is 0 Å². The second-order valence-electron chi connectivity index (χ2n) is 4.23. The monoisotopic (exact) mass is 246 g/mol. The lowest BCUT2D eigenvalue weighted by atomic mass is 10.2.